The van der Waals surface area contributed by atoms with Crippen LogP contribution in [-0.4, -0.2) is 19.8 Å². The average molecular weight is 284 g/mol. The van der Waals surface area contributed by atoms with E-state index in [4.69, 9.17) is 15.2 Å². The molecule has 1 aliphatic heterocycles. The predicted molar refractivity (Wildman–Crippen MR) is 78.6 cm³/mol. The van der Waals surface area contributed by atoms with Crippen LogP contribution in [0.2, 0.25) is 0 Å². The van der Waals surface area contributed by atoms with Gasteiger partial charge in [-0.2, -0.15) is 0 Å². The van der Waals surface area contributed by atoms with Gasteiger partial charge in [0.25, 0.3) is 0 Å². The number of hydrogen-bond donors (Lipinski definition) is 1. The normalized spacial score (nSPS) is 23.3. The maximum Gasteiger partial charge on any atom is 0.123 e. The fourth-order valence-electron chi connectivity index (χ4n) is 2.89. The smallest absolute Gasteiger partial charge is 0.123 e. The highest BCUT2D eigenvalue weighted by Gasteiger charge is 2.41. The zero-order chi connectivity index (χ0) is 12.5. The van der Waals surface area contributed by atoms with Crippen molar-refractivity contribution in [2.24, 2.45) is 11.7 Å². The summed E-state index contributed by atoms with van der Waals surface area (Å²) in [4.78, 5) is 0. The predicted octanol–water partition coefficient (Wildman–Crippen LogP) is 2.89. The second-order valence-corrected chi connectivity index (χ2v) is 5.24. The Morgan fingerprint density at radius 2 is 2.26 bits per heavy atom. The van der Waals surface area contributed by atoms with Gasteiger partial charge in [-0.05, 0) is 43.4 Å². The fraction of sp³-hybridized carbons (Fsp3) is 0.600. The van der Waals surface area contributed by atoms with E-state index < -0.39 is 0 Å². The molecule has 1 aliphatic carbocycles. The molecular weight excluding hydrogens is 262 g/mol. The van der Waals surface area contributed by atoms with Gasteiger partial charge in [-0.3, -0.25) is 0 Å². The van der Waals surface area contributed by atoms with Crippen molar-refractivity contribution in [3.8, 4) is 11.5 Å². The van der Waals surface area contributed by atoms with Crippen LogP contribution in [0.5, 0.6) is 11.5 Å². The molecule has 0 spiro atoms. The highest BCUT2D eigenvalue weighted by molar-refractivity contribution is 5.85. The topological polar surface area (TPSA) is 44.5 Å². The first-order valence-electron chi connectivity index (χ1n) is 6.96. The SMILES string of the molecule is CCCOc1ccc2c(c1[C@@H]1C[C@H]1CN)CCO2.Cl. The monoisotopic (exact) mass is 283 g/mol. The van der Waals surface area contributed by atoms with Crippen molar-refractivity contribution in [3.05, 3.63) is 23.3 Å². The third kappa shape index (κ3) is 2.67. The van der Waals surface area contributed by atoms with Crippen molar-refractivity contribution in [2.45, 2.75) is 32.1 Å². The summed E-state index contributed by atoms with van der Waals surface area (Å²) in [6.07, 6.45) is 3.26. The minimum atomic E-state index is 0. The van der Waals surface area contributed by atoms with Crippen LogP contribution in [0.4, 0.5) is 0 Å². The van der Waals surface area contributed by atoms with Crippen LogP contribution in [0.25, 0.3) is 0 Å². The van der Waals surface area contributed by atoms with Gasteiger partial charge < -0.3 is 15.2 Å². The van der Waals surface area contributed by atoms with Gasteiger partial charge in [-0.1, -0.05) is 6.92 Å². The van der Waals surface area contributed by atoms with Gasteiger partial charge in [0.1, 0.15) is 11.5 Å². The summed E-state index contributed by atoms with van der Waals surface area (Å²) in [7, 11) is 0. The van der Waals surface area contributed by atoms with E-state index >= 15 is 0 Å². The Morgan fingerprint density at radius 1 is 1.42 bits per heavy atom. The second-order valence-electron chi connectivity index (χ2n) is 5.24. The van der Waals surface area contributed by atoms with Crippen LogP contribution >= 0.6 is 12.4 Å². The van der Waals surface area contributed by atoms with Gasteiger partial charge >= 0.3 is 0 Å². The molecule has 0 aromatic heterocycles. The summed E-state index contributed by atoms with van der Waals surface area (Å²) in [5, 5.41) is 0. The lowest BCUT2D eigenvalue weighted by Gasteiger charge is -2.14. The van der Waals surface area contributed by atoms with E-state index in [1.165, 1.54) is 17.5 Å². The minimum Gasteiger partial charge on any atom is -0.493 e. The molecule has 4 heteroatoms. The van der Waals surface area contributed by atoms with Crippen molar-refractivity contribution in [2.75, 3.05) is 19.8 Å². The van der Waals surface area contributed by atoms with Crippen LogP contribution in [0.3, 0.4) is 0 Å². The molecule has 0 bridgehead atoms. The van der Waals surface area contributed by atoms with E-state index in [0.717, 1.165) is 44.1 Å². The molecule has 106 valence electrons. The largest absolute Gasteiger partial charge is 0.493 e. The van der Waals surface area contributed by atoms with Crippen molar-refractivity contribution in [1.29, 1.82) is 0 Å². The molecule has 2 N–H and O–H groups in total. The van der Waals surface area contributed by atoms with Crippen molar-refractivity contribution in [1.82, 2.24) is 0 Å². The molecule has 0 radical (unpaired) electrons. The van der Waals surface area contributed by atoms with E-state index in [2.05, 4.69) is 19.1 Å². The summed E-state index contributed by atoms with van der Waals surface area (Å²) in [6.45, 7) is 4.50. The van der Waals surface area contributed by atoms with E-state index in [1.54, 1.807) is 0 Å². The highest BCUT2D eigenvalue weighted by Crippen LogP contribution is 2.53. The molecule has 3 rings (SSSR count). The first kappa shape index (κ1) is 14.5. The van der Waals surface area contributed by atoms with Gasteiger partial charge in [-0.25, -0.2) is 0 Å². The quantitative estimate of drug-likeness (QED) is 0.904. The molecule has 1 aromatic carbocycles. The molecule has 1 saturated carbocycles. The Hall–Kier alpha value is -0.930. The summed E-state index contributed by atoms with van der Waals surface area (Å²) in [5.41, 5.74) is 8.53. The highest BCUT2D eigenvalue weighted by atomic mass is 35.5. The van der Waals surface area contributed by atoms with Crippen LogP contribution in [-0.2, 0) is 6.42 Å². The third-order valence-corrected chi connectivity index (χ3v) is 3.94. The maximum atomic E-state index is 5.91. The average Bonchev–Trinajstić information content (AvgIpc) is 3.02. The molecule has 1 aromatic rings. The van der Waals surface area contributed by atoms with E-state index in [9.17, 15) is 0 Å². The molecule has 1 fully saturated rings. The van der Waals surface area contributed by atoms with Crippen LogP contribution in [0.15, 0.2) is 12.1 Å². The van der Waals surface area contributed by atoms with Gasteiger partial charge in [0.15, 0.2) is 0 Å². The lowest BCUT2D eigenvalue weighted by atomic mass is 9.98. The first-order valence-corrected chi connectivity index (χ1v) is 6.96. The number of hydrogen-bond acceptors (Lipinski definition) is 3. The molecule has 19 heavy (non-hydrogen) atoms. The third-order valence-electron chi connectivity index (χ3n) is 3.94. The van der Waals surface area contributed by atoms with Crippen molar-refractivity contribution in [3.63, 3.8) is 0 Å². The first-order chi connectivity index (χ1) is 8.85. The minimum absolute atomic E-state index is 0. The van der Waals surface area contributed by atoms with Crippen molar-refractivity contribution >= 4 is 12.4 Å². The van der Waals surface area contributed by atoms with Crippen LogP contribution in [0.1, 0.15) is 36.8 Å². The Labute approximate surface area is 120 Å². The Bertz CT molecular complexity index is 450. The molecule has 3 nitrogen and oxygen atoms in total. The number of ether oxygens (including phenoxy) is 2. The van der Waals surface area contributed by atoms with Gasteiger partial charge in [0.2, 0.25) is 0 Å². The zero-order valence-electron chi connectivity index (χ0n) is 11.4. The summed E-state index contributed by atoms with van der Waals surface area (Å²) < 4.78 is 11.6. The molecule has 0 unspecified atom stereocenters. The standard InChI is InChI=1S/C15H21NO2.ClH/c1-2-6-17-14-4-3-13-11(5-7-18-13)15(14)12-8-10(12)9-16;/h3-4,10,12H,2,5-9,16H2,1H3;1H/t10-,12+;/m0./s1. The van der Waals surface area contributed by atoms with E-state index in [1.807, 2.05) is 0 Å². The number of halogens is 1. The van der Waals surface area contributed by atoms with Crippen LogP contribution < -0.4 is 15.2 Å². The molecule has 0 amide bonds. The lowest BCUT2D eigenvalue weighted by molar-refractivity contribution is 0.313. The molecule has 2 atom stereocenters. The lowest BCUT2D eigenvalue weighted by Crippen LogP contribution is -2.05. The van der Waals surface area contributed by atoms with Gasteiger partial charge in [0, 0.05) is 17.5 Å². The van der Waals surface area contributed by atoms with Crippen molar-refractivity contribution < 1.29 is 9.47 Å². The fourth-order valence-corrected chi connectivity index (χ4v) is 2.89. The molecule has 0 saturated heterocycles. The second kappa shape index (κ2) is 6.02. The molecular formula is C15H22ClNO2. The molecule has 2 aliphatic rings. The van der Waals surface area contributed by atoms with Gasteiger partial charge in [-0.15, -0.1) is 12.4 Å². The summed E-state index contributed by atoms with van der Waals surface area (Å²) in [6, 6.07) is 4.12. The summed E-state index contributed by atoms with van der Waals surface area (Å²) >= 11 is 0. The Balaban J connectivity index is 0.00000133. The van der Waals surface area contributed by atoms with E-state index in [0.29, 0.717) is 11.8 Å². The number of rotatable bonds is 5. The molecule has 1 heterocycles. The zero-order valence-corrected chi connectivity index (χ0v) is 12.2. The number of nitrogens with two attached hydrogens (primary N) is 1. The summed E-state index contributed by atoms with van der Waals surface area (Å²) in [5.74, 6) is 3.35. The Morgan fingerprint density at radius 3 is 2.95 bits per heavy atom. The Kier molecular flexibility index (Phi) is 4.58. The maximum absolute atomic E-state index is 5.91. The van der Waals surface area contributed by atoms with E-state index in [-0.39, 0.29) is 12.4 Å². The number of fused-ring (bicyclic) bond motifs is 1. The van der Waals surface area contributed by atoms with Crippen LogP contribution in [0, 0.1) is 5.92 Å². The van der Waals surface area contributed by atoms with Gasteiger partial charge in [0.05, 0.1) is 13.2 Å². The number of benzene rings is 1.